The average Bonchev–Trinajstić information content (AvgIpc) is 2.51. The summed E-state index contributed by atoms with van der Waals surface area (Å²) in [5, 5.41) is -0.482. The summed E-state index contributed by atoms with van der Waals surface area (Å²) in [6.45, 7) is 7.96. The first-order valence-electron chi connectivity index (χ1n) is 7.92. The van der Waals surface area contributed by atoms with Gasteiger partial charge in [0.05, 0.1) is 10.1 Å². The van der Waals surface area contributed by atoms with Gasteiger partial charge in [-0.2, -0.15) is 0 Å². The Hall–Kier alpha value is -1.11. The first kappa shape index (κ1) is 22.9. The highest BCUT2D eigenvalue weighted by atomic mass is 35.5. The van der Waals surface area contributed by atoms with Crippen LogP contribution >= 0.6 is 12.4 Å². The van der Waals surface area contributed by atoms with E-state index in [9.17, 15) is 13.2 Å². The average molecular weight is 377 g/mol. The van der Waals surface area contributed by atoms with Crippen molar-refractivity contribution in [3.63, 3.8) is 0 Å². The zero-order chi connectivity index (χ0) is 17.8. The van der Waals surface area contributed by atoms with Crippen LogP contribution in [0.15, 0.2) is 29.2 Å². The van der Waals surface area contributed by atoms with Gasteiger partial charge in [0, 0.05) is 25.2 Å². The topological polar surface area (TPSA) is 80.5 Å². The molecule has 0 radical (unpaired) electrons. The van der Waals surface area contributed by atoms with Crippen LogP contribution in [0.2, 0.25) is 0 Å². The van der Waals surface area contributed by atoms with Gasteiger partial charge >= 0.3 is 0 Å². The van der Waals surface area contributed by atoms with E-state index in [1.54, 1.807) is 37.9 Å². The lowest BCUT2D eigenvalue weighted by Gasteiger charge is -2.21. The van der Waals surface area contributed by atoms with Gasteiger partial charge in [-0.05, 0) is 50.5 Å². The SMILES string of the molecule is CC(C)C(N)CCN(C)C(=O)c1ccc(S(=O)(=O)C(C)C)cc1.Cl. The number of rotatable bonds is 7. The summed E-state index contributed by atoms with van der Waals surface area (Å²) in [6, 6.07) is 6.18. The Morgan fingerprint density at radius 3 is 2.04 bits per heavy atom. The van der Waals surface area contributed by atoms with Crippen molar-refractivity contribution >= 4 is 28.2 Å². The van der Waals surface area contributed by atoms with Gasteiger partial charge < -0.3 is 10.6 Å². The maximum atomic E-state index is 12.4. The first-order valence-corrected chi connectivity index (χ1v) is 9.47. The highest BCUT2D eigenvalue weighted by Crippen LogP contribution is 2.17. The molecular weight excluding hydrogens is 348 g/mol. The lowest BCUT2D eigenvalue weighted by molar-refractivity contribution is 0.0789. The van der Waals surface area contributed by atoms with E-state index in [1.807, 2.05) is 0 Å². The highest BCUT2D eigenvalue weighted by molar-refractivity contribution is 7.92. The zero-order valence-corrected chi connectivity index (χ0v) is 16.7. The van der Waals surface area contributed by atoms with Gasteiger partial charge in [0.25, 0.3) is 5.91 Å². The van der Waals surface area contributed by atoms with Crippen molar-refractivity contribution in [2.24, 2.45) is 11.7 Å². The first-order chi connectivity index (χ1) is 10.6. The van der Waals surface area contributed by atoms with Gasteiger partial charge in [-0.3, -0.25) is 4.79 Å². The van der Waals surface area contributed by atoms with E-state index in [2.05, 4.69) is 13.8 Å². The van der Waals surface area contributed by atoms with Crippen LogP contribution in [0.25, 0.3) is 0 Å². The molecule has 1 rings (SSSR count). The van der Waals surface area contributed by atoms with Crippen LogP contribution in [-0.2, 0) is 9.84 Å². The second-order valence-electron chi connectivity index (χ2n) is 6.54. The summed E-state index contributed by atoms with van der Waals surface area (Å²) in [4.78, 5) is 14.2. The number of hydrogen-bond donors (Lipinski definition) is 1. The van der Waals surface area contributed by atoms with E-state index in [0.717, 1.165) is 6.42 Å². The van der Waals surface area contributed by atoms with Crippen LogP contribution in [0.4, 0.5) is 0 Å². The minimum atomic E-state index is -3.31. The molecule has 24 heavy (non-hydrogen) atoms. The normalized spacial score (nSPS) is 12.8. The lowest BCUT2D eigenvalue weighted by Crippen LogP contribution is -2.34. The van der Waals surface area contributed by atoms with Crippen LogP contribution in [0.5, 0.6) is 0 Å². The van der Waals surface area contributed by atoms with Crippen molar-refractivity contribution in [2.45, 2.75) is 50.3 Å². The molecule has 0 saturated heterocycles. The Labute approximate surface area is 151 Å². The maximum absolute atomic E-state index is 12.4. The molecule has 5 nitrogen and oxygen atoms in total. The predicted octanol–water partition coefficient (Wildman–Crippen LogP) is 2.74. The third kappa shape index (κ3) is 5.76. The summed E-state index contributed by atoms with van der Waals surface area (Å²) in [5.41, 5.74) is 6.47. The molecule has 0 heterocycles. The summed E-state index contributed by atoms with van der Waals surface area (Å²) in [5.74, 6) is 0.244. The molecule has 138 valence electrons. The molecule has 2 N–H and O–H groups in total. The van der Waals surface area contributed by atoms with Crippen molar-refractivity contribution in [1.29, 1.82) is 0 Å². The van der Waals surface area contributed by atoms with Gasteiger partial charge in [-0.1, -0.05) is 13.8 Å². The fraction of sp³-hybridized carbons (Fsp3) is 0.588. The quantitative estimate of drug-likeness (QED) is 0.793. The van der Waals surface area contributed by atoms with E-state index in [0.29, 0.717) is 18.0 Å². The molecule has 1 amide bonds. The van der Waals surface area contributed by atoms with Gasteiger partial charge in [0.15, 0.2) is 9.84 Å². The number of carbonyl (C=O) groups excluding carboxylic acids is 1. The minimum Gasteiger partial charge on any atom is -0.342 e. The van der Waals surface area contributed by atoms with Gasteiger partial charge in [-0.15, -0.1) is 12.4 Å². The summed E-state index contributed by atoms with van der Waals surface area (Å²) >= 11 is 0. The van der Waals surface area contributed by atoms with Gasteiger partial charge in [0.2, 0.25) is 0 Å². The molecule has 0 bridgehead atoms. The van der Waals surface area contributed by atoms with E-state index < -0.39 is 15.1 Å². The molecule has 1 atom stereocenters. The molecule has 0 aromatic heterocycles. The van der Waals surface area contributed by atoms with Crippen molar-refractivity contribution in [3.05, 3.63) is 29.8 Å². The van der Waals surface area contributed by atoms with Crippen molar-refractivity contribution < 1.29 is 13.2 Å². The Kier molecular flexibility index (Phi) is 8.96. The second-order valence-corrected chi connectivity index (χ2v) is 9.05. The van der Waals surface area contributed by atoms with Crippen LogP contribution in [0.3, 0.4) is 0 Å². The van der Waals surface area contributed by atoms with Gasteiger partial charge in [-0.25, -0.2) is 8.42 Å². The van der Waals surface area contributed by atoms with Crippen LogP contribution in [0.1, 0.15) is 44.5 Å². The maximum Gasteiger partial charge on any atom is 0.253 e. The standard InChI is InChI=1S/C17H28N2O3S.ClH/c1-12(2)16(18)10-11-19(5)17(20)14-6-8-15(9-7-14)23(21,22)13(3)4;/h6-9,12-13,16H,10-11,18H2,1-5H3;1H. The summed E-state index contributed by atoms with van der Waals surface area (Å²) < 4.78 is 24.2. The van der Waals surface area contributed by atoms with Crippen LogP contribution in [-0.4, -0.2) is 44.1 Å². The number of halogens is 1. The smallest absolute Gasteiger partial charge is 0.253 e. The molecule has 1 aromatic rings. The largest absolute Gasteiger partial charge is 0.342 e. The molecule has 0 aliphatic rings. The fourth-order valence-electron chi connectivity index (χ4n) is 2.06. The van der Waals surface area contributed by atoms with Crippen LogP contribution in [0, 0.1) is 5.92 Å². The third-order valence-corrected chi connectivity index (χ3v) is 6.22. The Morgan fingerprint density at radius 2 is 1.62 bits per heavy atom. The number of hydrogen-bond acceptors (Lipinski definition) is 4. The van der Waals surface area contributed by atoms with Crippen molar-refractivity contribution in [2.75, 3.05) is 13.6 Å². The summed E-state index contributed by atoms with van der Waals surface area (Å²) in [6.07, 6.45) is 0.736. The Balaban J connectivity index is 0.00000529. The van der Waals surface area contributed by atoms with Gasteiger partial charge in [0.1, 0.15) is 0 Å². The molecule has 7 heteroatoms. The Morgan fingerprint density at radius 1 is 1.12 bits per heavy atom. The number of sulfone groups is 1. The molecule has 1 aromatic carbocycles. The van der Waals surface area contributed by atoms with E-state index in [1.165, 1.54) is 12.1 Å². The molecule has 0 aliphatic carbocycles. The number of carbonyl (C=O) groups is 1. The van der Waals surface area contributed by atoms with Crippen molar-refractivity contribution in [3.8, 4) is 0 Å². The molecule has 0 aliphatic heterocycles. The lowest BCUT2D eigenvalue weighted by atomic mass is 10.0. The van der Waals surface area contributed by atoms with Crippen molar-refractivity contribution in [1.82, 2.24) is 4.90 Å². The number of nitrogens with two attached hydrogens (primary N) is 1. The fourth-order valence-corrected chi connectivity index (χ4v) is 3.12. The molecular formula is C17H29ClN2O3S. The number of nitrogens with zero attached hydrogens (tertiary/aromatic N) is 1. The highest BCUT2D eigenvalue weighted by Gasteiger charge is 2.20. The molecule has 1 unspecified atom stereocenters. The molecule has 0 fully saturated rings. The van der Waals surface area contributed by atoms with Crippen LogP contribution < -0.4 is 5.73 Å². The summed E-state index contributed by atoms with van der Waals surface area (Å²) in [7, 11) is -1.58. The molecule has 0 spiro atoms. The second kappa shape index (κ2) is 9.39. The minimum absolute atomic E-state index is 0. The van der Waals surface area contributed by atoms with E-state index in [4.69, 9.17) is 5.73 Å². The van der Waals surface area contributed by atoms with E-state index >= 15 is 0 Å². The Bertz CT molecular complexity index is 628. The number of benzene rings is 1. The van der Waals surface area contributed by atoms with E-state index in [-0.39, 0.29) is 29.3 Å². The zero-order valence-electron chi connectivity index (χ0n) is 15.0. The number of amides is 1. The third-order valence-electron chi connectivity index (χ3n) is 4.05. The molecule has 0 saturated carbocycles. The predicted molar refractivity (Wildman–Crippen MR) is 100 cm³/mol. The monoisotopic (exact) mass is 376 g/mol.